The summed E-state index contributed by atoms with van der Waals surface area (Å²) >= 11 is 2.31. The van der Waals surface area contributed by atoms with E-state index in [9.17, 15) is 19.5 Å². The molecule has 10 heteroatoms. The van der Waals surface area contributed by atoms with Gasteiger partial charge in [0.15, 0.2) is 0 Å². The third-order valence-corrected chi connectivity index (χ3v) is 8.38. The van der Waals surface area contributed by atoms with Crippen LogP contribution in [0.3, 0.4) is 0 Å². The van der Waals surface area contributed by atoms with E-state index in [1.165, 1.54) is 11.3 Å². The number of nitrogens with zero attached hydrogens (tertiary/aromatic N) is 1. The summed E-state index contributed by atoms with van der Waals surface area (Å²) in [4.78, 5) is 40.9. The molecule has 1 aromatic heterocycles. The van der Waals surface area contributed by atoms with Crippen LogP contribution in [0.5, 0.6) is 5.75 Å². The number of rotatable bonds is 11. The van der Waals surface area contributed by atoms with Crippen LogP contribution in [0.1, 0.15) is 27.7 Å². The molecule has 41 heavy (non-hydrogen) atoms. The maximum absolute atomic E-state index is 13.8. The number of anilines is 1. The fourth-order valence-corrected chi connectivity index (χ4v) is 5.80. The van der Waals surface area contributed by atoms with Gasteiger partial charge in [-0.15, -0.1) is 11.3 Å². The van der Waals surface area contributed by atoms with Crippen LogP contribution < -0.4 is 19.7 Å². The highest BCUT2D eigenvalue weighted by Crippen LogP contribution is 2.33. The minimum Gasteiger partial charge on any atom is -0.497 e. The summed E-state index contributed by atoms with van der Waals surface area (Å²) in [5.74, 6) is -0.504. The largest absolute Gasteiger partial charge is 0.497 e. The minimum atomic E-state index is -0.962. The molecule has 1 heterocycles. The number of hydrogen-bond donors (Lipinski definition) is 3. The lowest BCUT2D eigenvalue weighted by molar-refractivity contribution is -0.120. The summed E-state index contributed by atoms with van der Waals surface area (Å²) in [7, 11) is 1.59. The molecule has 0 aliphatic heterocycles. The second kappa shape index (κ2) is 13.9. The summed E-state index contributed by atoms with van der Waals surface area (Å²) in [6.45, 7) is 4.23. The Kier molecular flexibility index (Phi) is 10.0. The average molecular weight is 590 g/mol. The van der Waals surface area contributed by atoms with Crippen LogP contribution in [0.4, 0.5) is 10.5 Å². The van der Waals surface area contributed by atoms with Crippen molar-refractivity contribution in [3.63, 3.8) is 0 Å². The van der Waals surface area contributed by atoms with Crippen molar-refractivity contribution < 1.29 is 24.2 Å². The summed E-state index contributed by atoms with van der Waals surface area (Å²) in [5.41, 5.74) is 4.23. The van der Waals surface area contributed by atoms with Crippen LogP contribution in [0.15, 0.2) is 89.1 Å². The van der Waals surface area contributed by atoms with Gasteiger partial charge in [-0.05, 0) is 89.8 Å². The molecule has 0 spiro atoms. The first-order chi connectivity index (χ1) is 19.8. The maximum Gasteiger partial charge on any atom is 0.345 e. The molecule has 0 bridgehead atoms. The fourth-order valence-electron chi connectivity index (χ4n) is 4.38. The summed E-state index contributed by atoms with van der Waals surface area (Å²) < 4.78 is 8.06. The van der Waals surface area contributed by atoms with Gasteiger partial charge in [-0.25, -0.2) is 9.59 Å². The topological polar surface area (TPSA) is 108 Å². The van der Waals surface area contributed by atoms with Crippen molar-refractivity contribution in [1.82, 2.24) is 10.0 Å². The number of methoxy groups -OCH3 is 1. The third-order valence-electron chi connectivity index (χ3n) is 6.51. The molecule has 0 saturated carbocycles. The van der Waals surface area contributed by atoms with Crippen molar-refractivity contribution in [3.05, 3.63) is 100 Å². The number of nitrogens with one attached hydrogen (secondary N) is 2. The molecule has 8 nitrogen and oxygen atoms in total. The smallest absolute Gasteiger partial charge is 0.345 e. The first kappa shape index (κ1) is 29.7. The molecule has 3 N–H and O–H groups in total. The normalized spacial score (nSPS) is 11.4. The Morgan fingerprint density at radius 3 is 2.39 bits per heavy atom. The van der Waals surface area contributed by atoms with Crippen molar-refractivity contribution in [3.8, 4) is 16.9 Å². The standard InChI is InChI=1S/C31H31N3O5S2/c1-4-34(23-13-15-24(39-3)16-14-23)29(35)26(17-21-9-6-5-7-10-21)32-31(38)33-41-27-12-8-11-25(20(27)2)22-18-28(30(36)37)40-19-22/h5-16,18-19,26H,4,17H2,1-3H3,(H,36,37)(H2,32,33,38)/t26-/m0/s1. The predicted octanol–water partition coefficient (Wildman–Crippen LogP) is 6.40. The molecule has 1 atom stereocenters. The number of likely N-dealkylation sites (N-methyl/N-ethyl adjacent to an activating group) is 1. The number of carbonyl (C=O) groups excluding carboxylic acids is 2. The number of thiophene rings is 1. The van der Waals surface area contributed by atoms with Crippen molar-refractivity contribution in [1.29, 1.82) is 0 Å². The van der Waals surface area contributed by atoms with Gasteiger partial charge in [-0.2, -0.15) is 0 Å². The quantitative estimate of drug-likeness (QED) is 0.175. The predicted molar refractivity (Wildman–Crippen MR) is 164 cm³/mol. The van der Waals surface area contributed by atoms with Crippen LogP contribution in [-0.4, -0.2) is 42.7 Å². The monoisotopic (exact) mass is 589 g/mol. The van der Waals surface area contributed by atoms with Gasteiger partial charge in [-0.3, -0.25) is 9.52 Å². The number of benzene rings is 3. The van der Waals surface area contributed by atoms with E-state index in [0.29, 0.717) is 24.4 Å². The van der Waals surface area contributed by atoms with Crippen molar-refractivity contribution >= 4 is 46.9 Å². The van der Waals surface area contributed by atoms with E-state index in [1.807, 2.05) is 79.9 Å². The Hall–Kier alpha value is -4.28. The molecular weight excluding hydrogens is 558 g/mol. The maximum atomic E-state index is 13.8. The van der Waals surface area contributed by atoms with Crippen molar-refractivity contribution in [2.75, 3.05) is 18.6 Å². The molecule has 0 aliphatic rings. The Labute approximate surface area is 247 Å². The van der Waals surface area contributed by atoms with E-state index in [4.69, 9.17) is 4.74 Å². The van der Waals surface area contributed by atoms with Gasteiger partial charge in [0.2, 0.25) is 5.91 Å². The average Bonchev–Trinajstić information content (AvgIpc) is 3.48. The van der Waals surface area contributed by atoms with E-state index in [-0.39, 0.29) is 10.8 Å². The first-order valence-electron chi connectivity index (χ1n) is 12.9. The molecule has 0 fully saturated rings. The number of ether oxygens (including phenoxy) is 1. The third kappa shape index (κ3) is 7.47. The molecule has 3 amide bonds. The van der Waals surface area contributed by atoms with Crippen LogP contribution in [0, 0.1) is 6.92 Å². The van der Waals surface area contributed by atoms with Gasteiger partial charge >= 0.3 is 12.0 Å². The molecule has 0 aliphatic carbocycles. The Morgan fingerprint density at radius 1 is 1.02 bits per heavy atom. The zero-order chi connectivity index (χ0) is 29.4. The number of aromatic carboxylic acids is 1. The highest BCUT2D eigenvalue weighted by molar-refractivity contribution is 7.98. The fraction of sp³-hybridized carbons (Fsp3) is 0.194. The second-order valence-electron chi connectivity index (χ2n) is 9.13. The number of carboxylic acids is 1. The Bertz CT molecular complexity index is 1510. The number of carboxylic acid groups (broad SMARTS) is 1. The van der Waals surface area contributed by atoms with Gasteiger partial charge in [0.05, 0.1) is 7.11 Å². The number of urea groups is 1. The van der Waals surface area contributed by atoms with Crippen LogP contribution in [0.2, 0.25) is 0 Å². The van der Waals surface area contributed by atoms with E-state index >= 15 is 0 Å². The van der Waals surface area contributed by atoms with Crippen LogP contribution in [0.25, 0.3) is 11.1 Å². The Balaban J connectivity index is 1.49. The zero-order valence-corrected chi connectivity index (χ0v) is 24.6. The molecule has 3 aromatic carbocycles. The van der Waals surface area contributed by atoms with E-state index < -0.39 is 18.0 Å². The van der Waals surface area contributed by atoms with Gasteiger partial charge in [0, 0.05) is 23.5 Å². The number of carbonyl (C=O) groups is 3. The SMILES string of the molecule is CCN(C(=O)[C@H](Cc1ccccc1)NC(=O)NSc1cccc(-c2csc(C(=O)O)c2)c1C)c1ccc(OC)cc1. The summed E-state index contributed by atoms with van der Waals surface area (Å²) in [6.07, 6.45) is 0.322. The number of hydrogen-bond acceptors (Lipinski definition) is 6. The van der Waals surface area contributed by atoms with Gasteiger partial charge in [0.1, 0.15) is 16.7 Å². The van der Waals surface area contributed by atoms with Crippen LogP contribution in [-0.2, 0) is 11.2 Å². The summed E-state index contributed by atoms with van der Waals surface area (Å²) in [6, 6.07) is 22.8. The molecule has 0 unspecified atom stereocenters. The van der Waals surface area contributed by atoms with Crippen molar-refractivity contribution in [2.24, 2.45) is 0 Å². The van der Waals surface area contributed by atoms with E-state index in [2.05, 4.69) is 10.0 Å². The van der Waals surface area contributed by atoms with Crippen LogP contribution >= 0.6 is 23.3 Å². The molecule has 0 radical (unpaired) electrons. The zero-order valence-electron chi connectivity index (χ0n) is 22.9. The lowest BCUT2D eigenvalue weighted by Crippen LogP contribution is -2.51. The second-order valence-corrected chi connectivity index (χ2v) is 10.9. The lowest BCUT2D eigenvalue weighted by atomic mass is 10.0. The minimum absolute atomic E-state index is 0.230. The van der Waals surface area contributed by atoms with Gasteiger partial charge < -0.3 is 20.1 Å². The highest BCUT2D eigenvalue weighted by Gasteiger charge is 2.27. The van der Waals surface area contributed by atoms with E-state index in [0.717, 1.165) is 39.1 Å². The highest BCUT2D eigenvalue weighted by atomic mass is 32.2. The van der Waals surface area contributed by atoms with Gasteiger partial charge in [-0.1, -0.05) is 42.5 Å². The molecule has 4 aromatic rings. The van der Waals surface area contributed by atoms with E-state index in [1.54, 1.807) is 30.2 Å². The molecule has 4 rings (SSSR count). The Morgan fingerprint density at radius 2 is 1.76 bits per heavy atom. The molecule has 212 valence electrons. The van der Waals surface area contributed by atoms with Crippen molar-refractivity contribution in [2.45, 2.75) is 31.2 Å². The first-order valence-corrected chi connectivity index (χ1v) is 14.6. The number of amides is 3. The lowest BCUT2D eigenvalue weighted by Gasteiger charge is -2.27. The van der Waals surface area contributed by atoms with Gasteiger partial charge in [0.25, 0.3) is 0 Å². The summed E-state index contributed by atoms with van der Waals surface area (Å²) in [5, 5.41) is 14.0. The molecule has 0 saturated heterocycles. The molecular formula is C31H31N3O5S2.